The number of aromatic nitrogens is 2. The summed E-state index contributed by atoms with van der Waals surface area (Å²) in [6, 6.07) is 7.79. The van der Waals surface area contributed by atoms with Crippen molar-refractivity contribution in [2.75, 3.05) is 25.0 Å². The molecule has 0 aliphatic carbocycles. The Morgan fingerprint density at radius 1 is 1.38 bits per heavy atom. The summed E-state index contributed by atoms with van der Waals surface area (Å²) in [5.41, 5.74) is 1.14. The summed E-state index contributed by atoms with van der Waals surface area (Å²) < 4.78 is 5.56. The van der Waals surface area contributed by atoms with E-state index in [2.05, 4.69) is 20.8 Å². The third-order valence-electron chi connectivity index (χ3n) is 2.59. The van der Waals surface area contributed by atoms with Crippen molar-refractivity contribution in [3.63, 3.8) is 0 Å². The lowest BCUT2D eigenvalue weighted by Crippen LogP contribution is -2.28. The molecule has 0 spiro atoms. The average Bonchev–Trinajstić information content (AvgIpc) is 2.93. The molecular formula is C14H18N4O2S. The summed E-state index contributed by atoms with van der Waals surface area (Å²) >= 11 is 1.24. The summed E-state index contributed by atoms with van der Waals surface area (Å²) in [7, 11) is 0. The van der Waals surface area contributed by atoms with Gasteiger partial charge in [0, 0.05) is 6.54 Å². The molecule has 1 aromatic heterocycles. The van der Waals surface area contributed by atoms with Crippen LogP contribution in [0.2, 0.25) is 0 Å². The van der Waals surface area contributed by atoms with E-state index in [4.69, 9.17) is 4.74 Å². The molecule has 2 N–H and O–H groups in total. The van der Waals surface area contributed by atoms with Gasteiger partial charge in [0.05, 0.1) is 6.54 Å². The van der Waals surface area contributed by atoms with Crippen LogP contribution in [0.1, 0.15) is 22.3 Å². The third-order valence-corrected chi connectivity index (χ3v) is 3.47. The molecule has 21 heavy (non-hydrogen) atoms. The molecule has 2 aromatic rings. The number of anilines is 1. The number of carbonyl (C=O) groups excluding carboxylic acids is 1. The van der Waals surface area contributed by atoms with Gasteiger partial charge in [-0.2, -0.15) is 0 Å². The number of aryl methyl sites for hydroxylation is 1. The fourth-order valence-electron chi connectivity index (χ4n) is 1.65. The SMILES string of the molecule is CCNc1nnc(C(=O)NCCOc2cccc(C)c2)s1. The Morgan fingerprint density at radius 2 is 2.24 bits per heavy atom. The van der Waals surface area contributed by atoms with Crippen LogP contribution in [0.25, 0.3) is 0 Å². The number of hydrogen-bond donors (Lipinski definition) is 2. The van der Waals surface area contributed by atoms with Crippen LogP contribution in [0.15, 0.2) is 24.3 Å². The van der Waals surface area contributed by atoms with Gasteiger partial charge >= 0.3 is 0 Å². The first-order chi connectivity index (χ1) is 10.2. The quantitative estimate of drug-likeness (QED) is 0.766. The second-order valence-corrected chi connectivity index (χ2v) is 5.34. The van der Waals surface area contributed by atoms with E-state index in [9.17, 15) is 4.79 Å². The van der Waals surface area contributed by atoms with Crippen LogP contribution in [-0.4, -0.2) is 35.8 Å². The Morgan fingerprint density at radius 3 is 3.00 bits per heavy atom. The van der Waals surface area contributed by atoms with Crippen LogP contribution in [0.4, 0.5) is 5.13 Å². The van der Waals surface area contributed by atoms with Gasteiger partial charge in [-0.1, -0.05) is 23.5 Å². The zero-order chi connectivity index (χ0) is 15.1. The highest BCUT2D eigenvalue weighted by atomic mass is 32.1. The highest BCUT2D eigenvalue weighted by Gasteiger charge is 2.11. The topological polar surface area (TPSA) is 76.1 Å². The summed E-state index contributed by atoms with van der Waals surface area (Å²) in [6.45, 7) is 5.55. The molecule has 0 saturated heterocycles. The lowest BCUT2D eigenvalue weighted by atomic mass is 10.2. The highest BCUT2D eigenvalue weighted by molar-refractivity contribution is 7.17. The molecule has 0 radical (unpaired) electrons. The largest absolute Gasteiger partial charge is 0.492 e. The van der Waals surface area contributed by atoms with Crippen molar-refractivity contribution in [2.24, 2.45) is 0 Å². The van der Waals surface area contributed by atoms with Crippen LogP contribution >= 0.6 is 11.3 Å². The molecule has 0 atom stereocenters. The van der Waals surface area contributed by atoms with E-state index in [1.54, 1.807) is 0 Å². The maximum absolute atomic E-state index is 11.8. The minimum Gasteiger partial charge on any atom is -0.492 e. The zero-order valence-corrected chi connectivity index (χ0v) is 12.9. The van der Waals surface area contributed by atoms with Crippen molar-refractivity contribution < 1.29 is 9.53 Å². The van der Waals surface area contributed by atoms with E-state index < -0.39 is 0 Å². The van der Waals surface area contributed by atoms with Gasteiger partial charge in [-0.15, -0.1) is 10.2 Å². The van der Waals surface area contributed by atoms with Crippen molar-refractivity contribution in [2.45, 2.75) is 13.8 Å². The second-order valence-electron chi connectivity index (χ2n) is 4.36. The number of benzene rings is 1. The number of carbonyl (C=O) groups is 1. The molecule has 1 aromatic carbocycles. The first kappa shape index (κ1) is 15.2. The molecule has 7 heteroatoms. The summed E-state index contributed by atoms with van der Waals surface area (Å²) in [5.74, 6) is 0.569. The summed E-state index contributed by atoms with van der Waals surface area (Å²) in [5, 5.41) is 14.5. The van der Waals surface area contributed by atoms with Gasteiger partial charge in [-0.3, -0.25) is 4.79 Å². The van der Waals surface area contributed by atoms with Crippen LogP contribution < -0.4 is 15.4 Å². The van der Waals surface area contributed by atoms with Crippen molar-refractivity contribution >= 4 is 22.4 Å². The number of hydrogen-bond acceptors (Lipinski definition) is 6. The van der Waals surface area contributed by atoms with Gasteiger partial charge in [0.2, 0.25) is 10.1 Å². The van der Waals surface area contributed by atoms with Crippen LogP contribution in [0.5, 0.6) is 5.75 Å². The predicted molar refractivity (Wildman–Crippen MR) is 83.1 cm³/mol. The number of nitrogens with zero attached hydrogens (tertiary/aromatic N) is 2. The Labute approximate surface area is 127 Å². The lowest BCUT2D eigenvalue weighted by Gasteiger charge is -2.07. The maximum atomic E-state index is 11.8. The molecule has 2 rings (SSSR count). The molecule has 1 amide bonds. The van der Waals surface area contributed by atoms with E-state index >= 15 is 0 Å². The van der Waals surface area contributed by atoms with Gasteiger partial charge in [0.25, 0.3) is 5.91 Å². The van der Waals surface area contributed by atoms with Crippen molar-refractivity contribution in [1.29, 1.82) is 0 Å². The van der Waals surface area contributed by atoms with Gasteiger partial charge in [-0.25, -0.2) is 0 Å². The molecular weight excluding hydrogens is 288 g/mol. The molecule has 6 nitrogen and oxygen atoms in total. The van der Waals surface area contributed by atoms with Gasteiger partial charge in [0.15, 0.2) is 0 Å². The Bertz CT molecular complexity index is 600. The van der Waals surface area contributed by atoms with Crippen molar-refractivity contribution in [1.82, 2.24) is 15.5 Å². The normalized spacial score (nSPS) is 10.2. The monoisotopic (exact) mass is 306 g/mol. The fourth-order valence-corrected chi connectivity index (χ4v) is 2.38. The van der Waals surface area contributed by atoms with E-state index in [0.29, 0.717) is 23.3 Å². The molecule has 0 bridgehead atoms. The Balaban J connectivity index is 1.73. The van der Waals surface area contributed by atoms with Gasteiger partial charge in [-0.05, 0) is 31.5 Å². The molecule has 1 heterocycles. The highest BCUT2D eigenvalue weighted by Crippen LogP contribution is 2.14. The van der Waals surface area contributed by atoms with Crippen molar-refractivity contribution in [3.05, 3.63) is 34.8 Å². The molecule has 0 aliphatic heterocycles. The smallest absolute Gasteiger partial charge is 0.282 e. The third kappa shape index (κ3) is 4.71. The van der Waals surface area contributed by atoms with Crippen LogP contribution in [-0.2, 0) is 0 Å². The maximum Gasteiger partial charge on any atom is 0.282 e. The lowest BCUT2D eigenvalue weighted by molar-refractivity contribution is 0.0946. The minimum absolute atomic E-state index is 0.232. The summed E-state index contributed by atoms with van der Waals surface area (Å²) in [6.07, 6.45) is 0. The van der Waals surface area contributed by atoms with E-state index in [1.165, 1.54) is 11.3 Å². The van der Waals surface area contributed by atoms with E-state index in [0.717, 1.165) is 17.9 Å². The first-order valence-electron chi connectivity index (χ1n) is 6.74. The minimum atomic E-state index is -0.232. The van der Waals surface area contributed by atoms with Crippen LogP contribution in [0, 0.1) is 6.92 Å². The number of ether oxygens (including phenoxy) is 1. The van der Waals surface area contributed by atoms with Gasteiger partial charge in [0.1, 0.15) is 12.4 Å². The molecule has 0 fully saturated rings. The molecule has 0 unspecified atom stereocenters. The number of amides is 1. The second kappa shape index (κ2) is 7.58. The van der Waals surface area contributed by atoms with E-state index in [1.807, 2.05) is 38.1 Å². The Hall–Kier alpha value is -2.15. The molecule has 0 saturated carbocycles. The zero-order valence-electron chi connectivity index (χ0n) is 12.0. The Kier molecular flexibility index (Phi) is 5.51. The first-order valence-corrected chi connectivity index (χ1v) is 7.55. The fraction of sp³-hybridized carbons (Fsp3) is 0.357. The van der Waals surface area contributed by atoms with Gasteiger partial charge < -0.3 is 15.4 Å². The van der Waals surface area contributed by atoms with E-state index in [-0.39, 0.29) is 5.91 Å². The average molecular weight is 306 g/mol. The van der Waals surface area contributed by atoms with Crippen molar-refractivity contribution in [3.8, 4) is 5.75 Å². The van der Waals surface area contributed by atoms with Crippen LogP contribution in [0.3, 0.4) is 0 Å². The predicted octanol–water partition coefficient (Wildman–Crippen LogP) is 2.09. The number of rotatable bonds is 7. The molecule has 0 aliphatic rings. The standard InChI is InChI=1S/C14H18N4O2S/c1-3-15-14-18-17-13(21-14)12(19)16-7-8-20-11-6-4-5-10(2)9-11/h4-6,9H,3,7-8H2,1-2H3,(H,15,18)(H,16,19). The molecule has 112 valence electrons. The summed E-state index contributed by atoms with van der Waals surface area (Å²) in [4.78, 5) is 11.8. The number of nitrogens with one attached hydrogen (secondary N) is 2.